The van der Waals surface area contributed by atoms with E-state index in [0.717, 1.165) is 17.9 Å². The summed E-state index contributed by atoms with van der Waals surface area (Å²) in [6, 6.07) is 5.61. The fourth-order valence-corrected chi connectivity index (χ4v) is 1.65. The van der Waals surface area contributed by atoms with Crippen molar-refractivity contribution in [2.24, 2.45) is 0 Å². The maximum Gasteiger partial charge on any atom is 0.124 e. The molecule has 4 nitrogen and oxygen atoms in total. The second-order valence-electron chi connectivity index (χ2n) is 3.76. The number of methoxy groups -OCH3 is 2. The summed E-state index contributed by atoms with van der Waals surface area (Å²) < 4.78 is 15.6. The van der Waals surface area contributed by atoms with Crippen LogP contribution in [0, 0.1) is 0 Å². The van der Waals surface area contributed by atoms with Gasteiger partial charge in [0.25, 0.3) is 0 Å². The molecule has 0 spiro atoms. The Morgan fingerprint density at radius 3 is 2.61 bits per heavy atom. The first-order valence-corrected chi connectivity index (χ1v) is 6.25. The van der Waals surface area contributed by atoms with Crippen LogP contribution in [-0.4, -0.2) is 40.6 Å². The van der Waals surface area contributed by atoms with Crippen LogP contribution in [0.3, 0.4) is 0 Å². The molecule has 0 aliphatic rings. The Balaban J connectivity index is 2.53. The second-order valence-corrected chi connectivity index (χ2v) is 4.20. The summed E-state index contributed by atoms with van der Waals surface area (Å²) in [4.78, 5) is 0. The molecule has 0 atom stereocenters. The number of benzene rings is 1. The number of halogens is 1. The average Bonchev–Trinajstić information content (AvgIpc) is 2.37. The minimum absolute atomic E-state index is 0.531. The van der Waals surface area contributed by atoms with Gasteiger partial charge < -0.3 is 19.5 Å². The molecule has 102 valence electrons. The molecule has 0 aliphatic carbocycles. The lowest BCUT2D eigenvalue weighted by Crippen LogP contribution is -2.19. The Labute approximate surface area is 113 Å². The molecular formula is C13H20ClNO3. The smallest absolute Gasteiger partial charge is 0.124 e. The lowest BCUT2D eigenvalue weighted by Gasteiger charge is -2.12. The number of hydrogen-bond donors (Lipinski definition) is 1. The third kappa shape index (κ3) is 5.69. The summed E-state index contributed by atoms with van der Waals surface area (Å²) in [5.41, 5.74) is 1.04. The van der Waals surface area contributed by atoms with Gasteiger partial charge in [-0.25, -0.2) is 0 Å². The van der Waals surface area contributed by atoms with Crippen molar-refractivity contribution in [3.63, 3.8) is 0 Å². The minimum atomic E-state index is 0.531. The highest BCUT2D eigenvalue weighted by molar-refractivity contribution is 6.30. The van der Waals surface area contributed by atoms with Gasteiger partial charge in [-0.1, -0.05) is 11.6 Å². The first-order valence-electron chi connectivity index (χ1n) is 5.87. The Hall–Kier alpha value is -0.810. The van der Waals surface area contributed by atoms with E-state index in [0.29, 0.717) is 31.4 Å². The molecule has 18 heavy (non-hydrogen) atoms. The molecule has 0 aromatic heterocycles. The summed E-state index contributed by atoms with van der Waals surface area (Å²) in [6.07, 6.45) is 0. The lowest BCUT2D eigenvalue weighted by molar-refractivity contribution is 0.145. The van der Waals surface area contributed by atoms with Gasteiger partial charge in [-0.15, -0.1) is 0 Å². The molecule has 1 rings (SSSR count). The maximum atomic E-state index is 5.99. The molecule has 0 saturated carbocycles. The second kappa shape index (κ2) is 9.16. The van der Waals surface area contributed by atoms with Gasteiger partial charge >= 0.3 is 0 Å². The number of nitrogens with one attached hydrogen (secondary N) is 1. The highest BCUT2D eigenvalue weighted by atomic mass is 35.5. The van der Waals surface area contributed by atoms with Crippen molar-refractivity contribution in [2.45, 2.75) is 6.54 Å². The van der Waals surface area contributed by atoms with Crippen molar-refractivity contribution in [3.8, 4) is 5.75 Å². The third-order valence-corrected chi connectivity index (χ3v) is 2.60. The van der Waals surface area contributed by atoms with E-state index in [2.05, 4.69) is 5.32 Å². The summed E-state index contributed by atoms with van der Waals surface area (Å²) in [6.45, 7) is 3.27. The molecule has 0 heterocycles. The topological polar surface area (TPSA) is 39.7 Å². The van der Waals surface area contributed by atoms with E-state index >= 15 is 0 Å². The molecule has 0 unspecified atom stereocenters. The molecule has 0 saturated heterocycles. The fraction of sp³-hybridized carbons (Fsp3) is 0.538. The van der Waals surface area contributed by atoms with E-state index in [1.54, 1.807) is 14.2 Å². The molecule has 0 radical (unpaired) electrons. The van der Waals surface area contributed by atoms with Gasteiger partial charge in [0.15, 0.2) is 0 Å². The van der Waals surface area contributed by atoms with Crippen LogP contribution in [-0.2, 0) is 16.0 Å². The van der Waals surface area contributed by atoms with Crippen LogP contribution in [0.25, 0.3) is 0 Å². The zero-order valence-corrected chi connectivity index (χ0v) is 11.6. The van der Waals surface area contributed by atoms with Crippen LogP contribution in [0.2, 0.25) is 5.02 Å². The summed E-state index contributed by atoms with van der Waals surface area (Å²) >= 11 is 5.99. The van der Waals surface area contributed by atoms with Crippen molar-refractivity contribution >= 4 is 11.6 Å². The fourth-order valence-electron chi connectivity index (χ4n) is 1.46. The van der Waals surface area contributed by atoms with Crippen LogP contribution >= 0.6 is 11.6 Å². The van der Waals surface area contributed by atoms with E-state index < -0.39 is 0 Å². The summed E-state index contributed by atoms with van der Waals surface area (Å²) in [5.74, 6) is 0.835. The first-order chi connectivity index (χ1) is 8.77. The summed E-state index contributed by atoms with van der Waals surface area (Å²) in [5, 5.41) is 3.97. The SMILES string of the molecule is COCCNCc1cc(Cl)ccc1OCCOC. The van der Waals surface area contributed by atoms with Crippen LogP contribution < -0.4 is 10.1 Å². The molecule has 0 amide bonds. The van der Waals surface area contributed by atoms with E-state index in [1.165, 1.54) is 0 Å². The van der Waals surface area contributed by atoms with Crippen molar-refractivity contribution in [1.29, 1.82) is 0 Å². The molecule has 5 heteroatoms. The Bertz CT molecular complexity index is 347. The van der Waals surface area contributed by atoms with Crippen molar-refractivity contribution in [3.05, 3.63) is 28.8 Å². The Kier molecular flexibility index (Phi) is 7.76. The van der Waals surface area contributed by atoms with Crippen LogP contribution in [0.5, 0.6) is 5.75 Å². The molecule has 1 aromatic rings. The highest BCUT2D eigenvalue weighted by Gasteiger charge is 2.04. The van der Waals surface area contributed by atoms with Gasteiger partial charge in [0.05, 0.1) is 13.2 Å². The molecular weight excluding hydrogens is 254 g/mol. The normalized spacial score (nSPS) is 10.6. The predicted octanol–water partition coefficient (Wildman–Crippen LogP) is 2.10. The molecule has 0 bridgehead atoms. The summed E-state index contributed by atoms with van der Waals surface area (Å²) in [7, 11) is 3.33. The molecule has 0 aliphatic heterocycles. The van der Waals surface area contributed by atoms with Gasteiger partial charge in [0, 0.05) is 37.9 Å². The number of hydrogen-bond acceptors (Lipinski definition) is 4. The van der Waals surface area contributed by atoms with Crippen LogP contribution in [0.15, 0.2) is 18.2 Å². The predicted molar refractivity (Wildman–Crippen MR) is 72.4 cm³/mol. The monoisotopic (exact) mass is 273 g/mol. The van der Waals surface area contributed by atoms with Crippen molar-refractivity contribution in [2.75, 3.05) is 40.6 Å². The van der Waals surface area contributed by atoms with Crippen molar-refractivity contribution < 1.29 is 14.2 Å². The van der Waals surface area contributed by atoms with Gasteiger partial charge in [-0.05, 0) is 18.2 Å². The van der Waals surface area contributed by atoms with E-state index in [4.69, 9.17) is 25.8 Å². The molecule has 1 aromatic carbocycles. The Morgan fingerprint density at radius 1 is 1.11 bits per heavy atom. The van der Waals surface area contributed by atoms with Crippen molar-refractivity contribution in [1.82, 2.24) is 5.32 Å². The van der Waals surface area contributed by atoms with E-state index in [-0.39, 0.29) is 0 Å². The quantitative estimate of drug-likeness (QED) is 0.700. The maximum absolute atomic E-state index is 5.99. The van der Waals surface area contributed by atoms with E-state index in [1.807, 2.05) is 18.2 Å². The van der Waals surface area contributed by atoms with Gasteiger partial charge in [0.1, 0.15) is 12.4 Å². The molecule has 0 fully saturated rings. The lowest BCUT2D eigenvalue weighted by atomic mass is 10.2. The molecule has 1 N–H and O–H groups in total. The zero-order valence-electron chi connectivity index (χ0n) is 10.9. The largest absolute Gasteiger partial charge is 0.491 e. The number of ether oxygens (including phenoxy) is 3. The van der Waals surface area contributed by atoms with Crippen LogP contribution in [0.1, 0.15) is 5.56 Å². The standard InChI is InChI=1S/C13H20ClNO3/c1-16-6-5-15-10-11-9-12(14)3-4-13(11)18-8-7-17-2/h3-4,9,15H,5-8,10H2,1-2H3. The first kappa shape index (κ1) is 15.2. The van der Waals surface area contributed by atoms with Gasteiger partial charge in [0.2, 0.25) is 0 Å². The highest BCUT2D eigenvalue weighted by Crippen LogP contribution is 2.22. The minimum Gasteiger partial charge on any atom is -0.491 e. The van der Waals surface area contributed by atoms with Gasteiger partial charge in [-0.2, -0.15) is 0 Å². The average molecular weight is 274 g/mol. The van der Waals surface area contributed by atoms with Gasteiger partial charge in [-0.3, -0.25) is 0 Å². The van der Waals surface area contributed by atoms with Crippen LogP contribution in [0.4, 0.5) is 0 Å². The number of rotatable bonds is 9. The zero-order chi connectivity index (χ0) is 13.2. The Morgan fingerprint density at radius 2 is 1.89 bits per heavy atom. The third-order valence-electron chi connectivity index (χ3n) is 2.37. The van der Waals surface area contributed by atoms with E-state index in [9.17, 15) is 0 Å².